The summed E-state index contributed by atoms with van der Waals surface area (Å²) in [7, 11) is 3.55. The SMILES string of the molecule is COC(=O)c1sc(N2CCN(C)CC2)c(C2CC2)c1N. The van der Waals surface area contributed by atoms with Crippen LogP contribution < -0.4 is 10.6 Å². The second-order valence-electron chi connectivity index (χ2n) is 5.62. The molecule has 0 radical (unpaired) electrons. The second-order valence-corrected chi connectivity index (χ2v) is 6.62. The first kappa shape index (κ1) is 13.7. The van der Waals surface area contributed by atoms with E-state index in [0.717, 1.165) is 26.2 Å². The topological polar surface area (TPSA) is 58.8 Å². The average Bonchev–Trinajstić information content (AvgIpc) is 3.22. The van der Waals surface area contributed by atoms with Crippen molar-refractivity contribution < 1.29 is 9.53 Å². The highest BCUT2D eigenvalue weighted by molar-refractivity contribution is 7.18. The van der Waals surface area contributed by atoms with Gasteiger partial charge in [-0.25, -0.2) is 4.79 Å². The molecular weight excluding hydrogens is 274 g/mol. The number of nitrogens with zero attached hydrogens (tertiary/aromatic N) is 2. The summed E-state index contributed by atoms with van der Waals surface area (Å²) in [5.41, 5.74) is 8.07. The summed E-state index contributed by atoms with van der Waals surface area (Å²) in [6.07, 6.45) is 2.37. The molecule has 1 aliphatic heterocycles. The van der Waals surface area contributed by atoms with Crippen LogP contribution in [0.3, 0.4) is 0 Å². The summed E-state index contributed by atoms with van der Waals surface area (Å²) in [6.45, 7) is 4.10. The number of carbonyl (C=O) groups is 1. The van der Waals surface area contributed by atoms with Crippen molar-refractivity contribution in [1.82, 2.24) is 4.90 Å². The lowest BCUT2D eigenvalue weighted by atomic mass is 10.1. The number of carbonyl (C=O) groups excluding carboxylic acids is 1. The zero-order valence-corrected chi connectivity index (χ0v) is 12.8. The Bertz CT molecular complexity index is 517. The van der Waals surface area contributed by atoms with Gasteiger partial charge in [-0.15, -0.1) is 11.3 Å². The first-order valence-corrected chi connectivity index (χ1v) is 7.87. The molecule has 1 aromatic heterocycles. The lowest BCUT2D eigenvalue weighted by molar-refractivity contribution is 0.0607. The molecule has 20 heavy (non-hydrogen) atoms. The van der Waals surface area contributed by atoms with Crippen LogP contribution in [0.25, 0.3) is 0 Å². The van der Waals surface area contributed by atoms with Crippen molar-refractivity contribution in [3.63, 3.8) is 0 Å². The smallest absolute Gasteiger partial charge is 0.350 e. The third-order valence-corrected chi connectivity index (χ3v) is 5.37. The van der Waals surface area contributed by atoms with Gasteiger partial charge in [0.1, 0.15) is 4.88 Å². The van der Waals surface area contributed by atoms with Crippen LogP contribution in [0.15, 0.2) is 0 Å². The number of ether oxygens (including phenoxy) is 1. The quantitative estimate of drug-likeness (QED) is 0.861. The Hall–Kier alpha value is -1.27. The third kappa shape index (κ3) is 2.38. The van der Waals surface area contributed by atoms with Gasteiger partial charge in [0.2, 0.25) is 0 Å². The van der Waals surface area contributed by atoms with Crippen molar-refractivity contribution in [2.24, 2.45) is 0 Å². The number of methoxy groups -OCH3 is 1. The summed E-state index contributed by atoms with van der Waals surface area (Å²) < 4.78 is 4.85. The van der Waals surface area contributed by atoms with E-state index in [0.29, 0.717) is 16.5 Å². The molecule has 0 spiro atoms. The van der Waals surface area contributed by atoms with Crippen LogP contribution in [-0.4, -0.2) is 51.2 Å². The van der Waals surface area contributed by atoms with E-state index in [1.807, 2.05) is 0 Å². The number of likely N-dealkylation sites (N-methyl/N-ethyl adjacent to an activating group) is 1. The molecule has 2 aliphatic rings. The van der Waals surface area contributed by atoms with Gasteiger partial charge in [-0.2, -0.15) is 0 Å². The molecule has 2 heterocycles. The van der Waals surface area contributed by atoms with E-state index in [2.05, 4.69) is 16.8 Å². The van der Waals surface area contributed by atoms with Crippen LogP contribution in [0.1, 0.15) is 34.0 Å². The molecule has 5 nitrogen and oxygen atoms in total. The van der Waals surface area contributed by atoms with Crippen molar-refractivity contribution in [1.29, 1.82) is 0 Å². The highest BCUT2D eigenvalue weighted by Gasteiger charge is 2.35. The molecule has 1 aromatic rings. The fourth-order valence-electron chi connectivity index (χ4n) is 2.70. The number of anilines is 2. The minimum Gasteiger partial charge on any atom is -0.465 e. The average molecular weight is 295 g/mol. The zero-order chi connectivity index (χ0) is 14.3. The fourth-order valence-corrected chi connectivity index (χ4v) is 3.98. The molecule has 1 saturated carbocycles. The molecule has 2 fully saturated rings. The molecule has 3 rings (SSSR count). The fraction of sp³-hybridized carbons (Fsp3) is 0.643. The van der Waals surface area contributed by atoms with E-state index < -0.39 is 0 Å². The monoisotopic (exact) mass is 295 g/mol. The molecular formula is C14H21N3O2S. The van der Waals surface area contributed by atoms with Gasteiger partial charge in [0.05, 0.1) is 17.8 Å². The Kier molecular flexibility index (Phi) is 3.60. The molecule has 0 amide bonds. The van der Waals surface area contributed by atoms with Crippen LogP contribution in [0.5, 0.6) is 0 Å². The molecule has 0 atom stereocenters. The molecule has 0 aromatic carbocycles. The predicted octanol–water partition coefficient (Wildman–Crippen LogP) is 1.75. The van der Waals surface area contributed by atoms with Gasteiger partial charge in [0.15, 0.2) is 0 Å². The van der Waals surface area contributed by atoms with E-state index in [4.69, 9.17) is 10.5 Å². The zero-order valence-electron chi connectivity index (χ0n) is 12.0. The number of hydrogen-bond donors (Lipinski definition) is 1. The van der Waals surface area contributed by atoms with Gasteiger partial charge in [-0.05, 0) is 25.8 Å². The first-order chi connectivity index (χ1) is 9.61. The predicted molar refractivity (Wildman–Crippen MR) is 81.8 cm³/mol. The molecule has 6 heteroatoms. The van der Waals surface area contributed by atoms with Gasteiger partial charge >= 0.3 is 5.97 Å². The van der Waals surface area contributed by atoms with Gasteiger partial charge in [0.25, 0.3) is 0 Å². The Morgan fingerprint density at radius 2 is 1.95 bits per heavy atom. The number of nitrogen functional groups attached to an aromatic ring is 1. The summed E-state index contributed by atoms with van der Waals surface area (Å²) in [6, 6.07) is 0. The van der Waals surface area contributed by atoms with Crippen LogP contribution in [0, 0.1) is 0 Å². The Labute approximate surface area is 123 Å². The van der Waals surface area contributed by atoms with Crippen molar-refractivity contribution in [2.75, 3.05) is 51.0 Å². The van der Waals surface area contributed by atoms with Crippen LogP contribution in [-0.2, 0) is 4.74 Å². The van der Waals surface area contributed by atoms with Gasteiger partial charge in [-0.3, -0.25) is 0 Å². The van der Waals surface area contributed by atoms with Gasteiger partial charge in [-0.1, -0.05) is 0 Å². The standard InChI is InChI=1S/C14H21N3O2S/c1-16-5-7-17(8-6-16)13-10(9-3-4-9)11(15)12(20-13)14(18)19-2/h9H,3-8,15H2,1-2H3. The molecule has 2 N–H and O–H groups in total. The summed E-state index contributed by atoms with van der Waals surface area (Å²) in [4.78, 5) is 17.1. The lowest BCUT2D eigenvalue weighted by Crippen LogP contribution is -2.44. The lowest BCUT2D eigenvalue weighted by Gasteiger charge is -2.33. The Morgan fingerprint density at radius 1 is 1.30 bits per heavy atom. The number of esters is 1. The molecule has 110 valence electrons. The van der Waals surface area contributed by atoms with Crippen molar-refractivity contribution in [3.05, 3.63) is 10.4 Å². The van der Waals surface area contributed by atoms with Crippen molar-refractivity contribution >= 4 is 28.0 Å². The van der Waals surface area contributed by atoms with Gasteiger partial charge < -0.3 is 20.3 Å². The van der Waals surface area contributed by atoms with E-state index in [1.54, 1.807) is 0 Å². The second kappa shape index (κ2) is 5.26. The first-order valence-electron chi connectivity index (χ1n) is 7.05. The summed E-state index contributed by atoms with van der Waals surface area (Å²) in [5, 5.41) is 1.19. The molecule has 0 bridgehead atoms. The normalized spacial score (nSPS) is 20.2. The van der Waals surface area contributed by atoms with E-state index in [1.165, 1.54) is 41.9 Å². The molecule has 1 saturated heterocycles. The van der Waals surface area contributed by atoms with Gasteiger partial charge in [0, 0.05) is 31.7 Å². The number of rotatable bonds is 3. The Morgan fingerprint density at radius 3 is 2.50 bits per heavy atom. The number of piperazine rings is 1. The van der Waals surface area contributed by atoms with E-state index in [9.17, 15) is 4.79 Å². The van der Waals surface area contributed by atoms with Crippen molar-refractivity contribution in [2.45, 2.75) is 18.8 Å². The maximum atomic E-state index is 11.9. The maximum absolute atomic E-state index is 11.9. The number of nitrogens with two attached hydrogens (primary N) is 1. The largest absolute Gasteiger partial charge is 0.465 e. The van der Waals surface area contributed by atoms with Crippen LogP contribution in [0.4, 0.5) is 10.7 Å². The Balaban J connectivity index is 1.94. The summed E-state index contributed by atoms with van der Waals surface area (Å²) in [5.74, 6) is 0.231. The summed E-state index contributed by atoms with van der Waals surface area (Å²) >= 11 is 1.50. The minimum atomic E-state index is -0.310. The van der Waals surface area contributed by atoms with E-state index >= 15 is 0 Å². The highest BCUT2D eigenvalue weighted by Crippen LogP contribution is 2.52. The van der Waals surface area contributed by atoms with Crippen LogP contribution in [0.2, 0.25) is 0 Å². The molecule has 1 aliphatic carbocycles. The minimum absolute atomic E-state index is 0.310. The third-order valence-electron chi connectivity index (χ3n) is 4.11. The maximum Gasteiger partial charge on any atom is 0.350 e. The van der Waals surface area contributed by atoms with Crippen molar-refractivity contribution in [3.8, 4) is 0 Å². The number of hydrogen-bond acceptors (Lipinski definition) is 6. The molecule has 0 unspecified atom stereocenters. The van der Waals surface area contributed by atoms with E-state index in [-0.39, 0.29) is 5.97 Å². The number of thiophene rings is 1. The highest BCUT2D eigenvalue weighted by atomic mass is 32.1. The van der Waals surface area contributed by atoms with Crippen LogP contribution >= 0.6 is 11.3 Å².